The molecule has 2 N–H and O–H groups in total. The van der Waals surface area contributed by atoms with Gasteiger partial charge in [-0.3, -0.25) is 9.78 Å². The lowest BCUT2D eigenvalue weighted by atomic mass is 10.1. The summed E-state index contributed by atoms with van der Waals surface area (Å²) in [5, 5.41) is 3.57. The summed E-state index contributed by atoms with van der Waals surface area (Å²) in [6.45, 7) is 5.44. The summed E-state index contributed by atoms with van der Waals surface area (Å²) >= 11 is 0. The van der Waals surface area contributed by atoms with E-state index in [0.29, 0.717) is 11.1 Å². The van der Waals surface area contributed by atoms with Crippen LogP contribution in [0.1, 0.15) is 36.7 Å². The van der Waals surface area contributed by atoms with E-state index in [1.165, 1.54) is 6.07 Å². The highest BCUT2D eigenvalue weighted by molar-refractivity contribution is 7.89. The number of rotatable bonds is 5. The maximum absolute atomic E-state index is 12.7. The Kier molecular flexibility index (Phi) is 5.49. The maximum Gasteiger partial charge on any atom is 0.252 e. The summed E-state index contributed by atoms with van der Waals surface area (Å²) in [7, 11) is -3.71. The van der Waals surface area contributed by atoms with Crippen molar-refractivity contribution in [2.24, 2.45) is 0 Å². The molecule has 3 rings (SSSR count). The minimum Gasteiger partial charge on any atom is -0.348 e. The van der Waals surface area contributed by atoms with Gasteiger partial charge in [0.15, 0.2) is 0 Å². The Balaban J connectivity index is 1.85. The molecule has 0 unspecified atom stereocenters. The fourth-order valence-corrected chi connectivity index (χ4v) is 4.60. The molecule has 28 heavy (non-hydrogen) atoms. The summed E-state index contributed by atoms with van der Waals surface area (Å²) < 4.78 is 28.1. The van der Waals surface area contributed by atoms with Crippen LogP contribution in [0.4, 0.5) is 0 Å². The maximum atomic E-state index is 12.7. The number of aromatic nitrogens is 1. The normalized spacial score (nSPS) is 12.1. The first-order chi connectivity index (χ1) is 13.2. The number of pyridine rings is 1. The highest BCUT2D eigenvalue weighted by Crippen LogP contribution is 2.19. The third-order valence-electron chi connectivity index (χ3n) is 4.03. The quantitative estimate of drug-likeness (QED) is 0.692. The number of carbonyl (C=O) groups excluding carboxylic acids is 1. The van der Waals surface area contributed by atoms with Crippen LogP contribution in [0.5, 0.6) is 0 Å². The second kappa shape index (κ2) is 7.69. The molecule has 0 radical (unpaired) electrons. The molecule has 3 aromatic rings. The third-order valence-corrected chi connectivity index (χ3v) is 5.89. The van der Waals surface area contributed by atoms with E-state index in [0.717, 1.165) is 10.9 Å². The Morgan fingerprint density at radius 1 is 1.00 bits per heavy atom. The van der Waals surface area contributed by atoms with Crippen LogP contribution in [-0.4, -0.2) is 24.8 Å². The topological polar surface area (TPSA) is 88.2 Å². The molecule has 7 heteroatoms. The minimum absolute atomic E-state index is 0.0940. The van der Waals surface area contributed by atoms with Crippen molar-refractivity contribution in [3.05, 3.63) is 71.9 Å². The molecule has 1 aromatic heterocycles. The van der Waals surface area contributed by atoms with E-state index in [9.17, 15) is 13.2 Å². The first kappa shape index (κ1) is 20.0. The van der Waals surface area contributed by atoms with Crippen LogP contribution in [-0.2, 0) is 16.6 Å². The summed E-state index contributed by atoms with van der Waals surface area (Å²) in [6.07, 6.45) is 1.67. The zero-order chi connectivity index (χ0) is 20.4. The lowest BCUT2D eigenvalue weighted by Gasteiger charge is -2.21. The van der Waals surface area contributed by atoms with Gasteiger partial charge in [-0.25, -0.2) is 13.1 Å². The number of sulfonamides is 1. The fourth-order valence-electron chi connectivity index (χ4n) is 2.94. The van der Waals surface area contributed by atoms with Crippen LogP contribution in [0.2, 0.25) is 0 Å². The van der Waals surface area contributed by atoms with Gasteiger partial charge in [-0.2, -0.15) is 0 Å². The Bertz CT molecular complexity index is 1110. The van der Waals surface area contributed by atoms with Crippen molar-refractivity contribution in [3.8, 4) is 0 Å². The van der Waals surface area contributed by atoms with Crippen LogP contribution in [0, 0.1) is 0 Å². The van der Waals surface area contributed by atoms with Crippen LogP contribution >= 0.6 is 0 Å². The number of carbonyl (C=O) groups is 1. The molecular weight excluding hydrogens is 374 g/mol. The van der Waals surface area contributed by atoms with Crippen molar-refractivity contribution in [3.63, 3.8) is 0 Å². The predicted octanol–water partition coefficient (Wildman–Crippen LogP) is 3.24. The average molecular weight is 398 g/mol. The van der Waals surface area contributed by atoms with E-state index < -0.39 is 15.6 Å². The van der Waals surface area contributed by atoms with Crippen LogP contribution in [0.15, 0.2) is 65.7 Å². The minimum atomic E-state index is -3.71. The third kappa shape index (κ3) is 4.55. The molecule has 1 heterocycles. The van der Waals surface area contributed by atoms with Gasteiger partial charge in [-0.15, -0.1) is 0 Å². The zero-order valence-electron chi connectivity index (χ0n) is 16.1. The van der Waals surface area contributed by atoms with E-state index in [1.54, 1.807) is 63.4 Å². The van der Waals surface area contributed by atoms with Crippen LogP contribution < -0.4 is 10.0 Å². The van der Waals surface area contributed by atoms with E-state index in [1.807, 2.05) is 12.1 Å². The Hall–Kier alpha value is -2.77. The van der Waals surface area contributed by atoms with Crippen molar-refractivity contribution in [1.29, 1.82) is 0 Å². The van der Waals surface area contributed by atoms with Crippen LogP contribution in [0.3, 0.4) is 0 Å². The van der Waals surface area contributed by atoms with Crippen molar-refractivity contribution >= 4 is 26.8 Å². The molecule has 6 nitrogen and oxygen atoms in total. The van der Waals surface area contributed by atoms with Gasteiger partial charge in [0.05, 0.1) is 10.4 Å². The van der Waals surface area contributed by atoms with Crippen molar-refractivity contribution < 1.29 is 13.2 Å². The lowest BCUT2D eigenvalue weighted by molar-refractivity contribution is 0.0952. The lowest BCUT2D eigenvalue weighted by Crippen LogP contribution is -2.41. The molecule has 0 aliphatic rings. The van der Waals surface area contributed by atoms with Gasteiger partial charge in [0.25, 0.3) is 5.91 Å². The monoisotopic (exact) mass is 397 g/mol. The Morgan fingerprint density at radius 3 is 2.50 bits per heavy atom. The molecule has 0 aliphatic carbocycles. The van der Waals surface area contributed by atoms with E-state index >= 15 is 0 Å². The summed E-state index contributed by atoms with van der Waals surface area (Å²) in [5.41, 5.74) is 1.14. The first-order valence-electron chi connectivity index (χ1n) is 8.91. The van der Waals surface area contributed by atoms with Gasteiger partial charge >= 0.3 is 0 Å². The molecule has 146 valence electrons. The second-order valence-electron chi connectivity index (χ2n) is 7.52. The number of fused-ring (bicyclic) bond motifs is 1. The number of nitrogens with zero attached hydrogens (tertiary/aromatic N) is 1. The largest absolute Gasteiger partial charge is 0.348 e. The molecule has 0 saturated carbocycles. The van der Waals surface area contributed by atoms with E-state index in [4.69, 9.17) is 0 Å². The predicted molar refractivity (Wildman–Crippen MR) is 109 cm³/mol. The number of amides is 1. The highest BCUT2D eigenvalue weighted by Gasteiger charge is 2.24. The van der Waals surface area contributed by atoms with Crippen LogP contribution in [0.25, 0.3) is 10.9 Å². The summed E-state index contributed by atoms with van der Waals surface area (Å²) in [5.74, 6) is -0.283. The SMILES string of the molecule is CC(C)(C)NS(=O)(=O)c1ccccc1CNC(=O)c1cccc2ncccc12. The van der Waals surface area contributed by atoms with Gasteiger partial charge in [0, 0.05) is 29.2 Å². The second-order valence-corrected chi connectivity index (χ2v) is 9.17. The van der Waals surface area contributed by atoms with E-state index in [2.05, 4.69) is 15.0 Å². The molecule has 0 spiro atoms. The van der Waals surface area contributed by atoms with Crippen molar-refractivity contribution in [1.82, 2.24) is 15.0 Å². The smallest absolute Gasteiger partial charge is 0.252 e. The highest BCUT2D eigenvalue weighted by atomic mass is 32.2. The standard InChI is InChI=1S/C21H23N3O3S/c1-21(2,3)24-28(26,27)19-12-5-4-8-15(19)14-23-20(25)17-9-6-11-18-16(17)10-7-13-22-18/h4-13,24H,14H2,1-3H3,(H,23,25). The number of benzene rings is 2. The van der Waals surface area contributed by atoms with Gasteiger partial charge in [0.1, 0.15) is 0 Å². The first-order valence-corrected chi connectivity index (χ1v) is 10.4. The fraction of sp³-hybridized carbons (Fsp3) is 0.238. The van der Waals surface area contributed by atoms with Gasteiger partial charge < -0.3 is 5.32 Å². The summed E-state index contributed by atoms with van der Waals surface area (Å²) in [4.78, 5) is 17.1. The number of hydrogen-bond acceptors (Lipinski definition) is 4. The summed E-state index contributed by atoms with van der Waals surface area (Å²) in [6, 6.07) is 15.6. The van der Waals surface area contributed by atoms with Gasteiger partial charge in [-0.05, 0) is 50.6 Å². The molecule has 0 aliphatic heterocycles. The molecule has 0 atom stereocenters. The van der Waals surface area contributed by atoms with Gasteiger partial charge in [-0.1, -0.05) is 30.3 Å². The molecule has 2 aromatic carbocycles. The van der Waals surface area contributed by atoms with Crippen molar-refractivity contribution in [2.75, 3.05) is 0 Å². The molecule has 0 bridgehead atoms. The molecular formula is C21H23N3O3S. The van der Waals surface area contributed by atoms with Gasteiger partial charge in [0.2, 0.25) is 10.0 Å². The Labute approximate surface area is 165 Å². The van der Waals surface area contributed by atoms with E-state index in [-0.39, 0.29) is 17.3 Å². The molecule has 0 saturated heterocycles. The average Bonchev–Trinajstić information content (AvgIpc) is 2.64. The zero-order valence-corrected chi connectivity index (χ0v) is 16.9. The Morgan fingerprint density at radius 2 is 1.75 bits per heavy atom. The van der Waals surface area contributed by atoms with Crippen molar-refractivity contribution in [2.45, 2.75) is 37.8 Å². The number of hydrogen-bond donors (Lipinski definition) is 2. The number of nitrogens with one attached hydrogen (secondary N) is 2. The molecule has 1 amide bonds. The molecule has 0 fully saturated rings.